The van der Waals surface area contributed by atoms with E-state index in [1.165, 1.54) is 77.0 Å². The molecule has 16 heteroatoms. The summed E-state index contributed by atoms with van der Waals surface area (Å²) in [4.78, 5) is 79.3. The van der Waals surface area contributed by atoms with Crippen molar-refractivity contribution in [1.29, 1.82) is 0 Å². The molecule has 0 bridgehead atoms. The normalized spacial score (nSPS) is 11.9. The van der Waals surface area contributed by atoms with Gasteiger partial charge in [-0.2, -0.15) is 0 Å². The molecule has 0 heterocycles. The molecule has 0 saturated heterocycles. The molecule has 5 N–H and O–H groups in total. The first-order chi connectivity index (χ1) is 30.9. The zero-order valence-electron chi connectivity index (χ0n) is 40.3. The van der Waals surface area contributed by atoms with Crippen molar-refractivity contribution in [3.05, 3.63) is 0 Å². The van der Waals surface area contributed by atoms with Crippen LogP contribution in [0.25, 0.3) is 0 Å². The minimum absolute atomic E-state index is 0.00704. The van der Waals surface area contributed by atoms with Crippen molar-refractivity contribution in [3.63, 3.8) is 0 Å². The molecule has 16 nitrogen and oxygen atoms in total. The van der Waals surface area contributed by atoms with Gasteiger partial charge in [-0.05, 0) is 65.8 Å². The molecular formula is C48H89N3O13. The number of carbonyl (C=O) groups excluding carboxylic acids is 6. The maximum atomic E-state index is 11.8. The number of carboxylic acid groups (broad SMARTS) is 1. The van der Waals surface area contributed by atoms with Crippen molar-refractivity contribution in [2.24, 2.45) is 5.92 Å². The number of ketones is 4. The van der Waals surface area contributed by atoms with Crippen LogP contribution < -0.4 is 16.0 Å². The molecule has 0 aliphatic rings. The van der Waals surface area contributed by atoms with E-state index in [-0.39, 0.29) is 88.4 Å². The molecule has 0 fully saturated rings. The lowest BCUT2D eigenvalue weighted by molar-refractivity contribution is -0.139. The highest BCUT2D eigenvalue weighted by atomic mass is 16.5. The Morgan fingerprint density at radius 2 is 0.953 bits per heavy atom. The number of nitrogens with one attached hydrogen (secondary N) is 3. The number of hydrogen-bond acceptors (Lipinski definition) is 13. The number of Topliss-reactive ketones (excluding diaryl/α,β-unsaturated/α-hetero) is 4. The van der Waals surface area contributed by atoms with Crippen molar-refractivity contribution >= 4 is 40.9 Å². The molecule has 0 saturated carbocycles. The van der Waals surface area contributed by atoms with Gasteiger partial charge in [0.15, 0.2) is 5.78 Å². The third-order valence-corrected chi connectivity index (χ3v) is 10.6. The molecule has 64 heavy (non-hydrogen) atoms. The fraction of sp³-hybridized carbons (Fsp3) is 0.854. The molecule has 0 radical (unpaired) electrons. The smallest absolute Gasteiger partial charge is 0.320 e. The van der Waals surface area contributed by atoms with Gasteiger partial charge in [-0.15, -0.1) is 0 Å². The number of hydrogen-bond donors (Lipinski definition) is 5. The monoisotopic (exact) mass is 916 g/mol. The number of aliphatic hydroxyl groups excluding tert-OH is 1. The number of likely N-dealkylation sites (N-methyl/N-ethyl adjacent to an activating group) is 1. The van der Waals surface area contributed by atoms with E-state index in [0.29, 0.717) is 56.9 Å². The minimum Gasteiger partial charge on any atom is -0.480 e. The van der Waals surface area contributed by atoms with Gasteiger partial charge < -0.3 is 54.7 Å². The van der Waals surface area contributed by atoms with Crippen LogP contribution in [0.3, 0.4) is 0 Å². The summed E-state index contributed by atoms with van der Waals surface area (Å²) in [6.07, 6.45) is 24.0. The Bertz CT molecular complexity index is 1180. The third-order valence-electron chi connectivity index (χ3n) is 10.6. The topological polar surface area (TPSA) is 233 Å². The molecule has 0 spiro atoms. The zero-order chi connectivity index (χ0) is 47.9. The summed E-state index contributed by atoms with van der Waals surface area (Å²) in [5.74, 6) is -1.09. The number of carboxylic acids is 1. The van der Waals surface area contributed by atoms with Crippen LogP contribution in [0, 0.1) is 5.92 Å². The van der Waals surface area contributed by atoms with Gasteiger partial charge in [0.2, 0.25) is 11.8 Å². The SMILES string of the molecule is CC(=O)CCCCCCCCCCCCCCCCC(C)=O.CC[C@@H](CCCCNC(=O)COCCOCCNC(=O)COCCOCCCC(=O)CC[C@H](NC)C(=O)O)C(=O)CO. The van der Waals surface area contributed by atoms with Gasteiger partial charge in [0.25, 0.3) is 0 Å². The maximum Gasteiger partial charge on any atom is 0.320 e. The molecule has 0 aromatic carbocycles. The number of aliphatic carboxylic acids is 1. The van der Waals surface area contributed by atoms with Gasteiger partial charge in [-0.25, -0.2) is 0 Å². The summed E-state index contributed by atoms with van der Waals surface area (Å²) in [7, 11) is 1.55. The van der Waals surface area contributed by atoms with E-state index >= 15 is 0 Å². The lowest BCUT2D eigenvalue weighted by atomic mass is 9.95. The van der Waals surface area contributed by atoms with Crippen LogP contribution in [0.15, 0.2) is 0 Å². The van der Waals surface area contributed by atoms with E-state index in [1.807, 2.05) is 6.92 Å². The van der Waals surface area contributed by atoms with Crippen molar-refractivity contribution in [2.75, 3.05) is 79.6 Å². The van der Waals surface area contributed by atoms with Crippen LogP contribution in [-0.4, -0.2) is 137 Å². The Morgan fingerprint density at radius 1 is 0.500 bits per heavy atom. The largest absolute Gasteiger partial charge is 0.480 e. The van der Waals surface area contributed by atoms with Crippen LogP contribution in [-0.2, 0) is 52.5 Å². The van der Waals surface area contributed by atoms with Gasteiger partial charge in [-0.3, -0.25) is 24.0 Å². The fourth-order valence-corrected chi connectivity index (χ4v) is 6.66. The Morgan fingerprint density at radius 3 is 1.39 bits per heavy atom. The minimum atomic E-state index is -0.974. The van der Waals surface area contributed by atoms with E-state index < -0.39 is 18.6 Å². The first-order valence-corrected chi connectivity index (χ1v) is 24.3. The predicted molar refractivity (Wildman–Crippen MR) is 248 cm³/mol. The first-order valence-electron chi connectivity index (χ1n) is 24.3. The predicted octanol–water partition coefficient (Wildman–Crippen LogP) is 6.25. The Hall–Kier alpha value is -3.15. The number of unbranched alkanes of at least 4 members (excludes halogenated alkanes) is 14. The summed E-state index contributed by atoms with van der Waals surface area (Å²) in [6, 6.07) is -0.723. The number of ether oxygens (including phenoxy) is 4. The summed E-state index contributed by atoms with van der Waals surface area (Å²) >= 11 is 0. The summed E-state index contributed by atoms with van der Waals surface area (Å²) in [5, 5.41) is 25.9. The van der Waals surface area contributed by atoms with Gasteiger partial charge in [-0.1, -0.05) is 90.4 Å². The molecule has 0 aromatic rings. The van der Waals surface area contributed by atoms with Crippen molar-refractivity contribution in [2.45, 2.75) is 181 Å². The number of carbonyl (C=O) groups is 7. The van der Waals surface area contributed by atoms with Crippen LogP contribution in [0.4, 0.5) is 0 Å². The highest BCUT2D eigenvalue weighted by Gasteiger charge is 2.16. The summed E-state index contributed by atoms with van der Waals surface area (Å²) in [6.45, 7) is 7.17. The highest BCUT2D eigenvalue weighted by molar-refractivity contribution is 5.82. The average molecular weight is 916 g/mol. The van der Waals surface area contributed by atoms with Gasteiger partial charge in [0.1, 0.15) is 43.2 Å². The van der Waals surface area contributed by atoms with Gasteiger partial charge >= 0.3 is 5.97 Å². The Balaban J connectivity index is 0. The van der Waals surface area contributed by atoms with Crippen molar-refractivity contribution < 1.29 is 62.7 Å². The zero-order valence-corrected chi connectivity index (χ0v) is 40.3. The molecule has 0 unspecified atom stereocenters. The van der Waals surface area contributed by atoms with Gasteiger partial charge in [0.05, 0.1) is 33.0 Å². The fourth-order valence-electron chi connectivity index (χ4n) is 6.66. The van der Waals surface area contributed by atoms with Crippen molar-refractivity contribution in [1.82, 2.24) is 16.0 Å². The molecule has 0 rings (SSSR count). The molecule has 2 amide bonds. The second-order valence-corrected chi connectivity index (χ2v) is 16.5. The highest BCUT2D eigenvalue weighted by Crippen LogP contribution is 2.15. The van der Waals surface area contributed by atoms with Crippen LogP contribution in [0.5, 0.6) is 0 Å². The van der Waals surface area contributed by atoms with Crippen molar-refractivity contribution in [3.8, 4) is 0 Å². The summed E-state index contributed by atoms with van der Waals surface area (Å²) < 4.78 is 21.2. The quantitative estimate of drug-likeness (QED) is 0.0425. The molecule has 0 aromatic heterocycles. The van der Waals surface area contributed by atoms with Crippen LogP contribution in [0.2, 0.25) is 0 Å². The first kappa shape index (κ1) is 62.9. The number of rotatable bonds is 47. The van der Waals surface area contributed by atoms with E-state index in [0.717, 1.165) is 38.5 Å². The summed E-state index contributed by atoms with van der Waals surface area (Å²) in [5.41, 5.74) is 0. The lowest BCUT2D eigenvalue weighted by Crippen LogP contribution is -2.34. The van der Waals surface area contributed by atoms with Crippen LogP contribution >= 0.6 is 0 Å². The van der Waals surface area contributed by atoms with Gasteiger partial charge in [0, 0.05) is 51.3 Å². The molecule has 0 aliphatic carbocycles. The Kier molecular flexibility index (Phi) is 47.0. The Labute approximate surface area is 385 Å². The number of aliphatic hydroxyl groups is 1. The second kappa shape index (κ2) is 47.8. The van der Waals surface area contributed by atoms with E-state index in [4.69, 9.17) is 29.2 Å². The third kappa shape index (κ3) is 46.8. The average Bonchev–Trinajstić information content (AvgIpc) is 3.26. The molecular weight excluding hydrogens is 827 g/mol. The molecule has 0 aliphatic heterocycles. The van der Waals surface area contributed by atoms with E-state index in [1.54, 1.807) is 20.9 Å². The number of amides is 2. The van der Waals surface area contributed by atoms with Crippen LogP contribution in [0.1, 0.15) is 175 Å². The standard InChI is InChI=1S/C28H51N3O11.C20H38O2/c1-3-22(25(34)19-32)7-4-5-11-30-26(35)20-42-18-16-40-14-12-31-27(36)21-41-17-15-39-13-6-8-23(33)9-10-24(29-2)28(37)38;1-19(21)17-15-13-11-9-7-5-3-4-6-8-10-12-14-16-18-20(2)22/h22,24,29,32H,3-21H2,1-2H3,(H,30,35)(H,31,36)(H,37,38);3-18H2,1-2H3/t22-,24-;/m0./s1. The molecule has 2 atom stereocenters. The van der Waals surface area contributed by atoms with E-state index in [2.05, 4.69) is 16.0 Å². The second-order valence-electron chi connectivity index (χ2n) is 16.5. The van der Waals surface area contributed by atoms with E-state index in [9.17, 15) is 33.6 Å². The lowest BCUT2D eigenvalue weighted by Gasteiger charge is -2.12. The maximum absolute atomic E-state index is 11.8. The molecule has 374 valence electrons.